The first kappa shape index (κ1) is 10.0. The van der Waals surface area contributed by atoms with Crippen LogP contribution in [0.5, 0.6) is 0 Å². The second-order valence-electron chi connectivity index (χ2n) is 3.51. The molecule has 0 bridgehead atoms. The van der Waals surface area contributed by atoms with Gasteiger partial charge in [0.05, 0.1) is 13.2 Å². The zero-order chi connectivity index (χ0) is 8.81. The van der Waals surface area contributed by atoms with E-state index in [2.05, 4.69) is 0 Å². The quantitative estimate of drug-likeness (QED) is 0.630. The maximum absolute atomic E-state index is 5.15. The number of rotatable bonds is 5. The van der Waals surface area contributed by atoms with Crippen molar-refractivity contribution in [3.05, 3.63) is 5.92 Å². The minimum Gasteiger partial charge on any atom is -0.384 e. The molecule has 12 heavy (non-hydrogen) atoms. The Kier molecular flexibility index (Phi) is 4.62. The summed E-state index contributed by atoms with van der Waals surface area (Å²) in [5, 5.41) is 0. The summed E-state index contributed by atoms with van der Waals surface area (Å²) in [6.45, 7) is 1.55. The Bertz CT molecular complexity index is 102. The highest BCUT2D eigenvalue weighted by Crippen LogP contribution is 2.32. The summed E-state index contributed by atoms with van der Waals surface area (Å²) in [5.74, 6) is 2.21. The van der Waals surface area contributed by atoms with Gasteiger partial charge in [-0.2, -0.15) is 0 Å². The lowest BCUT2D eigenvalue weighted by Gasteiger charge is -2.20. The Labute approximate surface area is 75.2 Å². The van der Waals surface area contributed by atoms with Gasteiger partial charge in [0.2, 0.25) is 0 Å². The monoisotopic (exact) mass is 171 g/mol. The van der Waals surface area contributed by atoms with Crippen molar-refractivity contribution in [2.24, 2.45) is 5.92 Å². The van der Waals surface area contributed by atoms with E-state index in [1.807, 2.05) is 0 Å². The van der Waals surface area contributed by atoms with Crippen LogP contribution in [-0.4, -0.2) is 27.4 Å². The Morgan fingerprint density at radius 1 is 1.08 bits per heavy atom. The summed E-state index contributed by atoms with van der Waals surface area (Å²) in [6.07, 6.45) is 5.42. The summed E-state index contributed by atoms with van der Waals surface area (Å²) >= 11 is 0. The fourth-order valence-electron chi connectivity index (χ4n) is 1.98. The number of hydrogen-bond donors (Lipinski definition) is 0. The highest BCUT2D eigenvalue weighted by molar-refractivity contribution is 4.98. The molecule has 2 heteroatoms. The minimum absolute atomic E-state index is 0.768. The SMILES string of the molecule is COC[C](COC)C1CCCC1. The summed E-state index contributed by atoms with van der Waals surface area (Å²) in [7, 11) is 3.51. The van der Waals surface area contributed by atoms with Crippen molar-refractivity contribution >= 4 is 0 Å². The van der Waals surface area contributed by atoms with Crippen molar-refractivity contribution in [2.75, 3.05) is 27.4 Å². The largest absolute Gasteiger partial charge is 0.384 e. The van der Waals surface area contributed by atoms with Crippen LogP contribution >= 0.6 is 0 Å². The molecule has 0 heterocycles. The van der Waals surface area contributed by atoms with E-state index in [4.69, 9.17) is 9.47 Å². The lowest BCUT2D eigenvalue weighted by molar-refractivity contribution is 0.137. The molecule has 1 aliphatic rings. The van der Waals surface area contributed by atoms with Crippen molar-refractivity contribution in [1.82, 2.24) is 0 Å². The molecule has 0 N–H and O–H groups in total. The average Bonchev–Trinajstić information content (AvgIpc) is 2.56. The molecule has 0 atom stereocenters. The molecule has 2 nitrogen and oxygen atoms in total. The van der Waals surface area contributed by atoms with E-state index >= 15 is 0 Å². The molecule has 1 fully saturated rings. The highest BCUT2D eigenvalue weighted by Gasteiger charge is 2.25. The second kappa shape index (κ2) is 5.55. The molecular formula is C10H19O2. The Hall–Kier alpha value is -0.0800. The normalized spacial score (nSPS) is 19.2. The number of hydrogen-bond acceptors (Lipinski definition) is 2. The Balaban J connectivity index is 2.29. The zero-order valence-electron chi connectivity index (χ0n) is 8.14. The molecule has 0 saturated heterocycles. The van der Waals surface area contributed by atoms with Crippen molar-refractivity contribution in [3.63, 3.8) is 0 Å². The maximum Gasteiger partial charge on any atom is 0.0550 e. The van der Waals surface area contributed by atoms with E-state index in [0.29, 0.717) is 0 Å². The van der Waals surface area contributed by atoms with Gasteiger partial charge in [-0.1, -0.05) is 12.8 Å². The molecule has 0 aromatic carbocycles. The Morgan fingerprint density at radius 3 is 2.00 bits per heavy atom. The smallest absolute Gasteiger partial charge is 0.0550 e. The van der Waals surface area contributed by atoms with Crippen molar-refractivity contribution in [1.29, 1.82) is 0 Å². The van der Waals surface area contributed by atoms with Gasteiger partial charge in [0.1, 0.15) is 0 Å². The van der Waals surface area contributed by atoms with Crippen molar-refractivity contribution in [2.45, 2.75) is 25.7 Å². The molecule has 1 saturated carbocycles. The highest BCUT2D eigenvalue weighted by atomic mass is 16.5. The number of ether oxygens (including phenoxy) is 2. The van der Waals surface area contributed by atoms with E-state index in [0.717, 1.165) is 19.1 Å². The van der Waals surface area contributed by atoms with E-state index < -0.39 is 0 Å². The van der Waals surface area contributed by atoms with Crippen molar-refractivity contribution in [3.8, 4) is 0 Å². The third-order valence-electron chi connectivity index (χ3n) is 2.59. The van der Waals surface area contributed by atoms with Crippen LogP contribution in [0.25, 0.3) is 0 Å². The van der Waals surface area contributed by atoms with Crippen LogP contribution in [0.4, 0.5) is 0 Å². The van der Waals surface area contributed by atoms with E-state index in [1.54, 1.807) is 14.2 Å². The fourth-order valence-corrected chi connectivity index (χ4v) is 1.98. The standard InChI is InChI=1S/C10H19O2/c1-11-7-10(8-12-2)9-5-3-4-6-9/h9H,3-8H2,1-2H3. The van der Waals surface area contributed by atoms with Crippen LogP contribution in [0.3, 0.4) is 0 Å². The van der Waals surface area contributed by atoms with E-state index in [1.165, 1.54) is 31.6 Å². The third kappa shape index (κ3) is 2.76. The van der Waals surface area contributed by atoms with Gasteiger partial charge in [-0.15, -0.1) is 0 Å². The van der Waals surface area contributed by atoms with Crippen LogP contribution in [-0.2, 0) is 9.47 Å². The molecule has 0 aromatic rings. The molecule has 0 aliphatic heterocycles. The lowest BCUT2D eigenvalue weighted by atomic mass is 9.92. The molecule has 71 valence electrons. The third-order valence-corrected chi connectivity index (χ3v) is 2.59. The molecule has 1 rings (SSSR count). The predicted octanol–water partition coefficient (Wildman–Crippen LogP) is 2.04. The first-order valence-electron chi connectivity index (χ1n) is 4.71. The average molecular weight is 171 g/mol. The zero-order valence-corrected chi connectivity index (χ0v) is 8.14. The summed E-state index contributed by atoms with van der Waals surface area (Å²) < 4.78 is 10.3. The first-order valence-corrected chi connectivity index (χ1v) is 4.71. The van der Waals surface area contributed by atoms with Gasteiger partial charge in [-0.05, 0) is 18.8 Å². The van der Waals surface area contributed by atoms with E-state index in [-0.39, 0.29) is 0 Å². The van der Waals surface area contributed by atoms with Crippen LogP contribution in [0.15, 0.2) is 0 Å². The predicted molar refractivity (Wildman–Crippen MR) is 49.0 cm³/mol. The molecule has 0 amide bonds. The van der Waals surface area contributed by atoms with Gasteiger partial charge in [0.15, 0.2) is 0 Å². The molecule has 1 aliphatic carbocycles. The molecule has 0 aromatic heterocycles. The van der Waals surface area contributed by atoms with Gasteiger partial charge >= 0.3 is 0 Å². The van der Waals surface area contributed by atoms with Crippen LogP contribution < -0.4 is 0 Å². The summed E-state index contributed by atoms with van der Waals surface area (Å²) in [6, 6.07) is 0. The van der Waals surface area contributed by atoms with Gasteiger partial charge in [0, 0.05) is 20.1 Å². The molecule has 1 radical (unpaired) electrons. The molecule has 0 unspecified atom stereocenters. The van der Waals surface area contributed by atoms with Crippen LogP contribution in [0.1, 0.15) is 25.7 Å². The minimum atomic E-state index is 0.768. The Morgan fingerprint density at radius 2 is 1.58 bits per heavy atom. The maximum atomic E-state index is 5.15. The van der Waals surface area contributed by atoms with Crippen LogP contribution in [0.2, 0.25) is 0 Å². The van der Waals surface area contributed by atoms with Gasteiger partial charge in [-0.3, -0.25) is 0 Å². The van der Waals surface area contributed by atoms with Gasteiger partial charge in [0.25, 0.3) is 0 Å². The molecule has 0 spiro atoms. The molecular weight excluding hydrogens is 152 g/mol. The lowest BCUT2D eigenvalue weighted by Crippen LogP contribution is -2.19. The van der Waals surface area contributed by atoms with Crippen LogP contribution in [0, 0.1) is 11.8 Å². The van der Waals surface area contributed by atoms with Crippen molar-refractivity contribution < 1.29 is 9.47 Å². The second-order valence-corrected chi connectivity index (χ2v) is 3.51. The number of methoxy groups -OCH3 is 2. The summed E-state index contributed by atoms with van der Waals surface area (Å²) in [4.78, 5) is 0. The topological polar surface area (TPSA) is 18.5 Å². The van der Waals surface area contributed by atoms with Gasteiger partial charge < -0.3 is 9.47 Å². The van der Waals surface area contributed by atoms with E-state index in [9.17, 15) is 0 Å². The first-order chi connectivity index (χ1) is 5.88. The van der Waals surface area contributed by atoms with Gasteiger partial charge in [-0.25, -0.2) is 0 Å². The fraction of sp³-hybridized carbons (Fsp3) is 0.900. The summed E-state index contributed by atoms with van der Waals surface area (Å²) in [5.41, 5.74) is 0.